The fourth-order valence-corrected chi connectivity index (χ4v) is 7.31. The summed E-state index contributed by atoms with van der Waals surface area (Å²) in [6.45, 7) is 0. The van der Waals surface area contributed by atoms with Gasteiger partial charge < -0.3 is 4.57 Å². The van der Waals surface area contributed by atoms with Gasteiger partial charge in [0.25, 0.3) is 0 Å². The number of hydrogen-bond donors (Lipinski definition) is 0. The van der Waals surface area contributed by atoms with Crippen molar-refractivity contribution in [3.05, 3.63) is 85.8 Å². The van der Waals surface area contributed by atoms with Crippen LogP contribution in [0.4, 0.5) is 0 Å². The van der Waals surface area contributed by atoms with E-state index in [1.807, 2.05) is 12.1 Å². The van der Waals surface area contributed by atoms with Crippen LogP contribution in [0.15, 0.2) is 60.7 Å². The van der Waals surface area contributed by atoms with E-state index >= 15 is 0 Å². The minimum absolute atomic E-state index is 0.0276. The van der Waals surface area contributed by atoms with Gasteiger partial charge in [-0.1, -0.05) is 119 Å². The molecule has 0 fully saturated rings. The molecule has 3 aromatic rings. The minimum atomic E-state index is -3.42. The summed E-state index contributed by atoms with van der Waals surface area (Å²) in [6, 6.07) is 17.9. The van der Waals surface area contributed by atoms with E-state index in [4.69, 9.17) is 58.0 Å². The molecule has 0 atom stereocenters. The Morgan fingerprint density at radius 2 is 0.840 bits per heavy atom. The van der Waals surface area contributed by atoms with Crippen molar-refractivity contribution in [2.75, 3.05) is 0 Å². The Kier molecular flexibility index (Phi) is 5.75. The van der Waals surface area contributed by atoms with Crippen molar-refractivity contribution in [3.8, 4) is 0 Å². The third kappa shape index (κ3) is 3.23. The smallest absolute Gasteiger partial charge is 0.174 e. The monoisotopic (exact) mass is 448 g/mol. The highest BCUT2D eigenvalue weighted by atomic mass is 35.5. The lowest BCUT2D eigenvalue weighted by atomic mass is 10.3. The lowest BCUT2D eigenvalue weighted by Gasteiger charge is -2.23. The van der Waals surface area contributed by atoms with Gasteiger partial charge in [-0.2, -0.15) is 0 Å². The van der Waals surface area contributed by atoms with Crippen molar-refractivity contribution in [2.24, 2.45) is 0 Å². The average molecular weight is 451 g/mol. The van der Waals surface area contributed by atoms with Crippen LogP contribution in [0.25, 0.3) is 0 Å². The molecular formula is C18H10Cl5OP. The third-order valence-electron chi connectivity index (χ3n) is 3.74. The van der Waals surface area contributed by atoms with E-state index in [-0.39, 0.29) is 30.4 Å². The maximum atomic E-state index is 14.3. The van der Waals surface area contributed by atoms with Crippen LogP contribution in [-0.4, -0.2) is 0 Å². The topological polar surface area (TPSA) is 17.1 Å². The van der Waals surface area contributed by atoms with E-state index < -0.39 is 7.14 Å². The Balaban J connectivity index is 2.46. The molecule has 3 rings (SSSR count). The van der Waals surface area contributed by atoms with Gasteiger partial charge in [-0.05, 0) is 0 Å². The van der Waals surface area contributed by atoms with E-state index in [0.29, 0.717) is 10.6 Å². The van der Waals surface area contributed by atoms with Crippen LogP contribution in [-0.2, 0) is 4.57 Å². The molecule has 128 valence electrons. The molecule has 0 saturated heterocycles. The Labute approximate surface area is 170 Å². The predicted octanol–water partition coefficient (Wildman–Crippen LogP) is 6.59. The van der Waals surface area contributed by atoms with Gasteiger partial charge in [0, 0.05) is 10.6 Å². The first-order valence-corrected chi connectivity index (χ1v) is 10.7. The summed E-state index contributed by atoms with van der Waals surface area (Å²) in [6.07, 6.45) is 0. The highest BCUT2D eigenvalue weighted by Crippen LogP contribution is 2.51. The fourth-order valence-electron chi connectivity index (χ4n) is 2.55. The van der Waals surface area contributed by atoms with Crippen LogP contribution >= 0.6 is 65.1 Å². The Morgan fingerprint density at radius 3 is 1.20 bits per heavy atom. The van der Waals surface area contributed by atoms with Gasteiger partial charge in [-0.3, -0.25) is 0 Å². The molecule has 3 aromatic carbocycles. The summed E-state index contributed by atoms with van der Waals surface area (Å²) in [5.74, 6) is 0. The molecule has 0 amide bonds. The fraction of sp³-hybridized carbons (Fsp3) is 0. The molecule has 1 nitrogen and oxygen atoms in total. The van der Waals surface area contributed by atoms with Crippen LogP contribution in [0.1, 0.15) is 0 Å². The molecule has 0 bridgehead atoms. The van der Waals surface area contributed by atoms with Crippen molar-refractivity contribution >= 4 is 81.1 Å². The molecule has 0 heterocycles. The zero-order valence-electron chi connectivity index (χ0n) is 12.5. The molecule has 0 aliphatic carbocycles. The van der Waals surface area contributed by atoms with E-state index in [2.05, 4.69) is 0 Å². The van der Waals surface area contributed by atoms with Crippen molar-refractivity contribution in [1.82, 2.24) is 0 Å². The maximum absolute atomic E-state index is 14.3. The lowest BCUT2D eigenvalue weighted by Crippen LogP contribution is -2.27. The van der Waals surface area contributed by atoms with E-state index in [0.717, 1.165) is 0 Å². The largest absolute Gasteiger partial charge is 0.309 e. The molecule has 0 saturated carbocycles. The summed E-state index contributed by atoms with van der Waals surface area (Å²) in [4.78, 5) is 0. The second-order valence-corrected chi connectivity index (χ2v) is 9.79. The van der Waals surface area contributed by atoms with Crippen LogP contribution in [0.3, 0.4) is 0 Å². The predicted molar refractivity (Wildman–Crippen MR) is 111 cm³/mol. The normalized spacial score (nSPS) is 11.6. The SMILES string of the molecule is O=P(c1ccccc1)(c1ccccc1)c1c(Cl)c(Cl)c(Cl)c(Cl)c1Cl. The van der Waals surface area contributed by atoms with Gasteiger partial charge in [0.15, 0.2) is 7.14 Å². The van der Waals surface area contributed by atoms with Gasteiger partial charge >= 0.3 is 0 Å². The van der Waals surface area contributed by atoms with E-state index in [1.54, 1.807) is 48.5 Å². The average Bonchev–Trinajstić information content (AvgIpc) is 2.66. The summed E-state index contributed by atoms with van der Waals surface area (Å²) < 4.78 is 14.3. The zero-order valence-corrected chi connectivity index (χ0v) is 17.2. The summed E-state index contributed by atoms with van der Waals surface area (Å²) >= 11 is 31.4. The van der Waals surface area contributed by atoms with Crippen LogP contribution < -0.4 is 15.9 Å². The molecule has 0 aliphatic heterocycles. The first kappa shape index (κ1) is 19.1. The summed E-state index contributed by atoms with van der Waals surface area (Å²) in [5, 5.41) is 1.50. The van der Waals surface area contributed by atoms with Crippen molar-refractivity contribution in [2.45, 2.75) is 0 Å². The summed E-state index contributed by atoms with van der Waals surface area (Å²) in [5.41, 5.74) is 0. The second kappa shape index (κ2) is 7.53. The Morgan fingerprint density at radius 1 is 0.520 bits per heavy atom. The summed E-state index contributed by atoms with van der Waals surface area (Å²) in [7, 11) is -3.42. The minimum Gasteiger partial charge on any atom is -0.309 e. The first-order chi connectivity index (χ1) is 11.9. The van der Waals surface area contributed by atoms with Crippen LogP contribution in [0.5, 0.6) is 0 Å². The van der Waals surface area contributed by atoms with Gasteiger partial charge in [0.1, 0.15) is 0 Å². The molecule has 0 aliphatic rings. The van der Waals surface area contributed by atoms with Gasteiger partial charge in [0.2, 0.25) is 0 Å². The quantitative estimate of drug-likeness (QED) is 0.250. The van der Waals surface area contributed by atoms with E-state index in [1.165, 1.54) is 0 Å². The Hall–Kier alpha value is -0.660. The standard InChI is InChI=1S/C18H10Cl5OP/c19-13-14(20)16(22)18(17(23)15(13)21)25(24,11-7-3-1-4-8-11)12-9-5-2-6-10-12/h1-10H. The molecule has 0 aromatic heterocycles. The number of hydrogen-bond acceptors (Lipinski definition) is 1. The molecular weight excluding hydrogens is 440 g/mol. The first-order valence-electron chi connectivity index (χ1n) is 7.12. The molecule has 7 heteroatoms. The van der Waals surface area contributed by atoms with Gasteiger partial charge in [0.05, 0.1) is 30.4 Å². The highest BCUT2D eigenvalue weighted by Gasteiger charge is 2.36. The van der Waals surface area contributed by atoms with Crippen molar-refractivity contribution < 1.29 is 4.57 Å². The highest BCUT2D eigenvalue weighted by molar-refractivity contribution is 7.85. The van der Waals surface area contributed by atoms with Gasteiger partial charge in [-0.15, -0.1) is 0 Å². The molecule has 0 radical (unpaired) electrons. The molecule has 0 N–H and O–H groups in total. The van der Waals surface area contributed by atoms with Crippen molar-refractivity contribution in [3.63, 3.8) is 0 Å². The molecule has 0 unspecified atom stereocenters. The maximum Gasteiger partial charge on any atom is 0.174 e. The van der Waals surface area contributed by atoms with Gasteiger partial charge in [-0.25, -0.2) is 0 Å². The number of benzene rings is 3. The van der Waals surface area contributed by atoms with Crippen LogP contribution in [0.2, 0.25) is 25.1 Å². The number of halogens is 5. The lowest BCUT2D eigenvalue weighted by molar-refractivity contribution is 0.592. The Bertz CT molecular complexity index is 901. The molecule has 0 spiro atoms. The van der Waals surface area contributed by atoms with Crippen LogP contribution in [0, 0.1) is 0 Å². The second-order valence-electron chi connectivity index (χ2n) is 5.20. The van der Waals surface area contributed by atoms with Crippen molar-refractivity contribution in [1.29, 1.82) is 0 Å². The van der Waals surface area contributed by atoms with E-state index in [9.17, 15) is 4.57 Å². The third-order valence-corrected chi connectivity index (χ3v) is 9.41. The zero-order chi connectivity index (χ0) is 18.2. The number of rotatable bonds is 3. The molecule has 25 heavy (non-hydrogen) atoms.